The van der Waals surface area contributed by atoms with Gasteiger partial charge in [0.2, 0.25) is 0 Å². The molecular formula is C23H26N4O2S. The molecule has 2 aromatic heterocycles. The molecule has 0 bridgehead atoms. The van der Waals surface area contributed by atoms with Gasteiger partial charge in [0.25, 0.3) is 0 Å². The van der Waals surface area contributed by atoms with Gasteiger partial charge in [-0.15, -0.1) is 0 Å². The summed E-state index contributed by atoms with van der Waals surface area (Å²) < 4.78 is 13.1. The summed E-state index contributed by atoms with van der Waals surface area (Å²) in [4.78, 5) is 6.78. The van der Waals surface area contributed by atoms with Gasteiger partial charge >= 0.3 is 0 Å². The predicted octanol–water partition coefficient (Wildman–Crippen LogP) is 4.11. The summed E-state index contributed by atoms with van der Waals surface area (Å²) in [6.45, 7) is 4.03. The number of methoxy groups -OCH3 is 1. The molecule has 0 radical (unpaired) electrons. The fourth-order valence-corrected chi connectivity index (χ4v) is 4.24. The van der Waals surface area contributed by atoms with Crippen LogP contribution in [-0.4, -0.2) is 35.0 Å². The van der Waals surface area contributed by atoms with Gasteiger partial charge in [0.15, 0.2) is 5.11 Å². The molecule has 0 saturated carbocycles. The zero-order valence-electron chi connectivity index (χ0n) is 17.2. The van der Waals surface area contributed by atoms with Crippen LogP contribution in [0.15, 0.2) is 67.0 Å². The van der Waals surface area contributed by atoms with Crippen molar-refractivity contribution in [1.82, 2.24) is 14.9 Å². The van der Waals surface area contributed by atoms with Gasteiger partial charge in [-0.05, 0) is 67.7 Å². The highest BCUT2D eigenvalue weighted by Crippen LogP contribution is 2.41. The maximum Gasteiger partial charge on any atom is 0.174 e. The van der Waals surface area contributed by atoms with Gasteiger partial charge in [0.1, 0.15) is 11.8 Å². The van der Waals surface area contributed by atoms with E-state index in [1.807, 2.05) is 43.5 Å². The molecule has 4 rings (SSSR count). The molecule has 1 aliphatic heterocycles. The number of aromatic nitrogens is 2. The number of ether oxygens (including phenoxy) is 2. The maximum atomic E-state index is 5.79. The second-order valence-corrected chi connectivity index (χ2v) is 7.43. The Bertz CT molecular complexity index is 974. The number of nitrogens with zero attached hydrogens (tertiary/aromatic N) is 3. The van der Waals surface area contributed by atoms with Crippen molar-refractivity contribution in [3.8, 4) is 5.75 Å². The van der Waals surface area contributed by atoms with Crippen molar-refractivity contribution in [1.29, 1.82) is 0 Å². The van der Waals surface area contributed by atoms with Gasteiger partial charge in [-0.1, -0.05) is 6.07 Å². The lowest BCUT2D eigenvalue weighted by molar-refractivity contribution is 0.186. The number of hydrogen-bond acceptors (Lipinski definition) is 4. The van der Waals surface area contributed by atoms with Crippen molar-refractivity contribution in [3.63, 3.8) is 0 Å². The molecule has 6 nitrogen and oxygen atoms in total. The van der Waals surface area contributed by atoms with E-state index in [1.165, 1.54) is 0 Å². The number of rotatable bonds is 8. The van der Waals surface area contributed by atoms with Crippen molar-refractivity contribution in [3.05, 3.63) is 78.4 Å². The summed E-state index contributed by atoms with van der Waals surface area (Å²) in [7, 11) is 1.72. The van der Waals surface area contributed by atoms with E-state index in [4.69, 9.17) is 21.7 Å². The monoisotopic (exact) mass is 422 g/mol. The SMILES string of the molecule is CCOc1ccc(N2C(=S)N[C@@H](c3ccccn3)[C@@H]2c2cccn2CCOC)cc1. The molecule has 1 N–H and O–H groups in total. The van der Waals surface area contributed by atoms with Gasteiger partial charge in [0, 0.05) is 37.4 Å². The number of benzene rings is 1. The Balaban J connectivity index is 1.76. The fourth-order valence-electron chi connectivity index (χ4n) is 3.89. The van der Waals surface area contributed by atoms with Crippen LogP contribution in [0.1, 0.15) is 30.4 Å². The molecule has 1 saturated heterocycles. The smallest absolute Gasteiger partial charge is 0.174 e. The fraction of sp³-hybridized carbons (Fsp3) is 0.304. The van der Waals surface area contributed by atoms with Crippen LogP contribution >= 0.6 is 12.2 Å². The summed E-state index contributed by atoms with van der Waals surface area (Å²) in [6.07, 6.45) is 3.90. The van der Waals surface area contributed by atoms with Crippen LogP contribution in [0.2, 0.25) is 0 Å². The van der Waals surface area contributed by atoms with Crippen LogP contribution in [0.25, 0.3) is 0 Å². The first kappa shape index (κ1) is 20.4. The summed E-state index contributed by atoms with van der Waals surface area (Å²) in [6, 6.07) is 18.1. The van der Waals surface area contributed by atoms with E-state index >= 15 is 0 Å². The third kappa shape index (κ3) is 4.04. The lowest BCUT2D eigenvalue weighted by atomic mass is 10.0. The van der Waals surface area contributed by atoms with E-state index < -0.39 is 0 Å². The Morgan fingerprint density at radius 2 is 1.93 bits per heavy atom. The largest absolute Gasteiger partial charge is 0.494 e. The van der Waals surface area contributed by atoms with Crippen molar-refractivity contribution in [2.45, 2.75) is 25.6 Å². The second-order valence-electron chi connectivity index (χ2n) is 7.04. The van der Waals surface area contributed by atoms with Crippen molar-refractivity contribution in [2.75, 3.05) is 25.2 Å². The number of anilines is 1. The summed E-state index contributed by atoms with van der Waals surface area (Å²) in [5.41, 5.74) is 3.13. The molecule has 0 spiro atoms. The number of nitrogens with one attached hydrogen (secondary N) is 1. The number of pyridine rings is 1. The average molecular weight is 423 g/mol. The molecule has 1 fully saturated rings. The summed E-state index contributed by atoms with van der Waals surface area (Å²) >= 11 is 5.79. The van der Waals surface area contributed by atoms with E-state index in [0.717, 1.165) is 29.4 Å². The molecule has 30 heavy (non-hydrogen) atoms. The molecular weight excluding hydrogens is 396 g/mol. The Kier molecular flexibility index (Phi) is 6.30. The minimum atomic E-state index is -0.0681. The zero-order valence-corrected chi connectivity index (χ0v) is 18.0. The third-order valence-corrected chi connectivity index (χ3v) is 5.54. The van der Waals surface area contributed by atoms with Gasteiger partial charge in [-0.2, -0.15) is 0 Å². The Morgan fingerprint density at radius 3 is 2.63 bits per heavy atom. The third-order valence-electron chi connectivity index (χ3n) is 5.23. The van der Waals surface area contributed by atoms with Crippen LogP contribution in [-0.2, 0) is 11.3 Å². The predicted molar refractivity (Wildman–Crippen MR) is 122 cm³/mol. The van der Waals surface area contributed by atoms with Gasteiger partial charge in [-0.3, -0.25) is 4.98 Å². The Morgan fingerprint density at radius 1 is 1.10 bits per heavy atom. The molecule has 1 aliphatic rings. The number of hydrogen-bond donors (Lipinski definition) is 1. The maximum absolute atomic E-state index is 5.79. The average Bonchev–Trinajstić information content (AvgIpc) is 3.37. The zero-order chi connectivity index (χ0) is 20.9. The van der Waals surface area contributed by atoms with Gasteiger partial charge in [-0.25, -0.2) is 0 Å². The van der Waals surface area contributed by atoms with Gasteiger partial charge < -0.3 is 24.3 Å². The molecule has 3 aromatic rings. The van der Waals surface area contributed by atoms with Crippen molar-refractivity contribution in [2.24, 2.45) is 0 Å². The van der Waals surface area contributed by atoms with E-state index in [2.05, 4.69) is 50.2 Å². The van der Waals surface area contributed by atoms with E-state index in [1.54, 1.807) is 7.11 Å². The topological polar surface area (TPSA) is 51.5 Å². The minimum absolute atomic E-state index is 0.0443. The molecule has 156 valence electrons. The van der Waals surface area contributed by atoms with Crippen LogP contribution in [0.5, 0.6) is 5.75 Å². The molecule has 3 heterocycles. The van der Waals surface area contributed by atoms with E-state index in [-0.39, 0.29) is 12.1 Å². The number of thiocarbonyl (C=S) groups is 1. The highest BCUT2D eigenvalue weighted by Gasteiger charge is 2.41. The van der Waals surface area contributed by atoms with Crippen LogP contribution in [0.4, 0.5) is 5.69 Å². The summed E-state index contributed by atoms with van der Waals surface area (Å²) in [5.74, 6) is 0.848. The standard InChI is InChI=1S/C23H26N4O2S/c1-3-29-18-11-9-17(10-12-18)27-22(20-8-6-14-26(20)15-16-28-2)21(25-23(27)30)19-7-4-5-13-24-19/h4-14,21-22H,3,15-16H2,1-2H3,(H,25,30)/t21-,22-/m0/s1. The van der Waals surface area contributed by atoms with Crippen LogP contribution in [0.3, 0.4) is 0 Å². The van der Waals surface area contributed by atoms with E-state index in [9.17, 15) is 0 Å². The molecule has 7 heteroatoms. The Hall–Kier alpha value is -2.90. The van der Waals surface area contributed by atoms with E-state index in [0.29, 0.717) is 18.3 Å². The quantitative estimate of drug-likeness (QED) is 0.552. The normalized spacial score (nSPS) is 18.5. The first-order valence-electron chi connectivity index (χ1n) is 10.1. The first-order chi connectivity index (χ1) is 14.7. The second kappa shape index (κ2) is 9.28. The highest BCUT2D eigenvalue weighted by atomic mass is 32.1. The summed E-state index contributed by atoms with van der Waals surface area (Å²) in [5, 5.41) is 4.18. The highest BCUT2D eigenvalue weighted by molar-refractivity contribution is 7.80. The lowest BCUT2D eigenvalue weighted by Gasteiger charge is -2.29. The van der Waals surface area contributed by atoms with Crippen LogP contribution in [0, 0.1) is 0 Å². The lowest BCUT2D eigenvalue weighted by Crippen LogP contribution is -2.30. The molecule has 0 amide bonds. The molecule has 0 unspecified atom stereocenters. The van der Waals surface area contributed by atoms with Gasteiger partial charge in [0.05, 0.1) is 24.9 Å². The van der Waals surface area contributed by atoms with Crippen LogP contribution < -0.4 is 15.0 Å². The van der Waals surface area contributed by atoms with Crippen molar-refractivity contribution < 1.29 is 9.47 Å². The van der Waals surface area contributed by atoms with Crippen molar-refractivity contribution >= 4 is 23.0 Å². The molecule has 2 atom stereocenters. The molecule has 1 aromatic carbocycles. The first-order valence-corrected chi connectivity index (χ1v) is 10.5. The molecule has 0 aliphatic carbocycles. The Labute approximate surface area is 182 Å². The minimum Gasteiger partial charge on any atom is -0.494 e.